The molecule has 0 bridgehead atoms. The molecule has 1 aromatic rings. The molecule has 0 atom stereocenters. The van der Waals surface area contributed by atoms with Gasteiger partial charge in [-0.1, -0.05) is 0 Å². The molecule has 0 heterocycles. The predicted octanol–water partition coefficient (Wildman–Crippen LogP) is 1.53. The number of halogens is 1. The zero-order valence-electron chi connectivity index (χ0n) is 7.24. The van der Waals surface area contributed by atoms with E-state index in [1.165, 1.54) is 6.92 Å². The fraction of sp³-hybridized carbons (Fsp3) is 0.111. The number of rotatable bonds is 2. The summed E-state index contributed by atoms with van der Waals surface area (Å²) in [5.41, 5.74) is -0.816. The molecule has 0 amide bonds. The Morgan fingerprint density at radius 3 is 2.21 bits per heavy atom. The summed E-state index contributed by atoms with van der Waals surface area (Å²) in [7, 11) is 0. The van der Waals surface area contributed by atoms with E-state index in [0.717, 1.165) is 6.07 Å². The number of aromatic carboxylic acids is 2. The average Bonchev–Trinajstić information content (AvgIpc) is 2.01. The van der Waals surface area contributed by atoms with Crippen molar-refractivity contribution >= 4 is 11.9 Å². The second kappa shape index (κ2) is 3.45. The molecule has 1 aromatic carbocycles. The maximum atomic E-state index is 12.8. The van der Waals surface area contributed by atoms with E-state index in [4.69, 9.17) is 10.2 Å². The van der Waals surface area contributed by atoms with Crippen LogP contribution in [0.3, 0.4) is 0 Å². The van der Waals surface area contributed by atoms with Gasteiger partial charge < -0.3 is 10.2 Å². The fourth-order valence-electron chi connectivity index (χ4n) is 1.20. The average molecular weight is 198 g/mol. The Labute approximate surface area is 78.6 Å². The molecule has 0 saturated heterocycles. The third kappa shape index (κ3) is 1.71. The molecule has 74 valence electrons. The van der Waals surface area contributed by atoms with Crippen molar-refractivity contribution in [2.45, 2.75) is 6.92 Å². The van der Waals surface area contributed by atoms with Crippen LogP contribution in [0.5, 0.6) is 0 Å². The van der Waals surface area contributed by atoms with E-state index in [0.29, 0.717) is 6.07 Å². The van der Waals surface area contributed by atoms with Crippen molar-refractivity contribution in [2.24, 2.45) is 0 Å². The summed E-state index contributed by atoms with van der Waals surface area (Å²) in [5.74, 6) is -3.59. The van der Waals surface area contributed by atoms with Gasteiger partial charge in [-0.2, -0.15) is 0 Å². The third-order valence-corrected chi connectivity index (χ3v) is 1.74. The molecule has 0 unspecified atom stereocenters. The van der Waals surface area contributed by atoms with Crippen LogP contribution in [0.15, 0.2) is 12.1 Å². The van der Waals surface area contributed by atoms with E-state index in [2.05, 4.69) is 0 Å². The van der Waals surface area contributed by atoms with E-state index in [9.17, 15) is 14.0 Å². The van der Waals surface area contributed by atoms with Crippen LogP contribution < -0.4 is 0 Å². The van der Waals surface area contributed by atoms with Gasteiger partial charge in [0.2, 0.25) is 0 Å². The van der Waals surface area contributed by atoms with Crippen LogP contribution in [0.4, 0.5) is 4.39 Å². The number of benzene rings is 1. The minimum Gasteiger partial charge on any atom is -0.478 e. The molecule has 0 aliphatic carbocycles. The lowest BCUT2D eigenvalue weighted by Crippen LogP contribution is -2.10. The van der Waals surface area contributed by atoms with Gasteiger partial charge in [0.1, 0.15) is 5.82 Å². The summed E-state index contributed by atoms with van der Waals surface area (Å²) < 4.78 is 12.8. The van der Waals surface area contributed by atoms with Gasteiger partial charge in [0.25, 0.3) is 0 Å². The predicted molar refractivity (Wildman–Crippen MR) is 45.1 cm³/mol. The van der Waals surface area contributed by atoms with Crippen molar-refractivity contribution in [1.82, 2.24) is 0 Å². The number of carboxylic acid groups (broad SMARTS) is 2. The standard InChI is InChI=1S/C9H7FO4/c1-4-2-5(10)3-6(8(11)12)7(4)9(13)14/h2-3H,1H3,(H,11,12)(H,13,14). The molecule has 0 fully saturated rings. The van der Waals surface area contributed by atoms with Gasteiger partial charge in [-0.05, 0) is 24.6 Å². The molecule has 4 nitrogen and oxygen atoms in total. The van der Waals surface area contributed by atoms with Crippen LogP contribution >= 0.6 is 0 Å². The van der Waals surface area contributed by atoms with Crippen LogP contribution in [0, 0.1) is 12.7 Å². The van der Waals surface area contributed by atoms with Crippen LogP contribution in [-0.2, 0) is 0 Å². The Morgan fingerprint density at radius 1 is 1.21 bits per heavy atom. The molecule has 2 N–H and O–H groups in total. The molecule has 0 radical (unpaired) electrons. The van der Waals surface area contributed by atoms with Crippen LogP contribution in [0.25, 0.3) is 0 Å². The summed E-state index contributed by atoms with van der Waals surface area (Å²) in [5, 5.41) is 17.3. The third-order valence-electron chi connectivity index (χ3n) is 1.74. The zero-order valence-corrected chi connectivity index (χ0v) is 7.24. The highest BCUT2D eigenvalue weighted by atomic mass is 19.1. The topological polar surface area (TPSA) is 74.6 Å². The molecular weight excluding hydrogens is 191 g/mol. The summed E-state index contributed by atoms with van der Waals surface area (Å²) >= 11 is 0. The van der Waals surface area contributed by atoms with Crippen LogP contribution in [-0.4, -0.2) is 22.2 Å². The highest BCUT2D eigenvalue weighted by molar-refractivity contribution is 6.02. The number of aryl methyl sites for hydroxylation is 1. The van der Waals surface area contributed by atoms with Crippen molar-refractivity contribution < 1.29 is 24.2 Å². The monoisotopic (exact) mass is 198 g/mol. The van der Waals surface area contributed by atoms with Crippen molar-refractivity contribution in [3.63, 3.8) is 0 Å². The fourth-order valence-corrected chi connectivity index (χ4v) is 1.20. The Hall–Kier alpha value is -1.91. The van der Waals surface area contributed by atoms with Gasteiger partial charge in [0.15, 0.2) is 0 Å². The Bertz CT molecular complexity index is 412. The number of carboxylic acids is 2. The van der Waals surface area contributed by atoms with Gasteiger partial charge in [0, 0.05) is 0 Å². The molecule has 0 spiro atoms. The highest BCUT2D eigenvalue weighted by Gasteiger charge is 2.19. The second-order valence-corrected chi connectivity index (χ2v) is 2.76. The van der Waals surface area contributed by atoms with Crippen molar-refractivity contribution in [1.29, 1.82) is 0 Å². The normalized spacial score (nSPS) is 9.86. The molecular formula is C9H7FO4. The second-order valence-electron chi connectivity index (χ2n) is 2.76. The molecule has 1 rings (SSSR count). The van der Waals surface area contributed by atoms with Gasteiger partial charge in [-0.25, -0.2) is 14.0 Å². The maximum Gasteiger partial charge on any atom is 0.336 e. The highest BCUT2D eigenvalue weighted by Crippen LogP contribution is 2.16. The van der Waals surface area contributed by atoms with Gasteiger partial charge >= 0.3 is 11.9 Å². The van der Waals surface area contributed by atoms with E-state index in [-0.39, 0.29) is 11.1 Å². The minimum absolute atomic E-state index is 0.0925. The number of carbonyl (C=O) groups is 2. The smallest absolute Gasteiger partial charge is 0.336 e. The molecule has 5 heteroatoms. The molecule has 0 aliphatic heterocycles. The molecule has 0 aromatic heterocycles. The summed E-state index contributed by atoms with van der Waals surface area (Å²) in [4.78, 5) is 21.3. The van der Waals surface area contributed by atoms with Crippen molar-refractivity contribution in [3.8, 4) is 0 Å². The van der Waals surface area contributed by atoms with E-state index < -0.39 is 23.3 Å². The quantitative estimate of drug-likeness (QED) is 0.755. The lowest BCUT2D eigenvalue weighted by atomic mass is 10.0. The summed E-state index contributed by atoms with van der Waals surface area (Å²) in [6.45, 7) is 1.35. The van der Waals surface area contributed by atoms with Crippen molar-refractivity contribution in [2.75, 3.05) is 0 Å². The lowest BCUT2D eigenvalue weighted by Gasteiger charge is -2.04. The first kappa shape index (κ1) is 10.2. The molecule has 0 aliphatic rings. The summed E-state index contributed by atoms with van der Waals surface area (Å²) in [6.07, 6.45) is 0. The van der Waals surface area contributed by atoms with Gasteiger partial charge in [-0.3, -0.25) is 0 Å². The van der Waals surface area contributed by atoms with Crippen molar-refractivity contribution in [3.05, 3.63) is 34.6 Å². The molecule has 0 saturated carbocycles. The lowest BCUT2D eigenvalue weighted by molar-refractivity contribution is 0.0650. The zero-order chi connectivity index (χ0) is 10.9. The summed E-state index contributed by atoms with van der Waals surface area (Å²) in [6, 6.07) is 1.68. The first-order valence-electron chi connectivity index (χ1n) is 3.70. The minimum atomic E-state index is -1.45. The number of hydrogen-bond donors (Lipinski definition) is 2. The first-order valence-corrected chi connectivity index (χ1v) is 3.70. The Balaban J connectivity index is 3.52. The van der Waals surface area contributed by atoms with Crippen LogP contribution in [0.2, 0.25) is 0 Å². The van der Waals surface area contributed by atoms with E-state index in [1.54, 1.807) is 0 Å². The van der Waals surface area contributed by atoms with Gasteiger partial charge in [0.05, 0.1) is 11.1 Å². The first-order chi connectivity index (χ1) is 6.43. The Morgan fingerprint density at radius 2 is 1.79 bits per heavy atom. The van der Waals surface area contributed by atoms with E-state index in [1.807, 2.05) is 0 Å². The number of hydrogen-bond acceptors (Lipinski definition) is 2. The molecule has 14 heavy (non-hydrogen) atoms. The van der Waals surface area contributed by atoms with Gasteiger partial charge in [-0.15, -0.1) is 0 Å². The Kier molecular flexibility index (Phi) is 2.51. The SMILES string of the molecule is Cc1cc(F)cc(C(=O)O)c1C(=O)O. The van der Waals surface area contributed by atoms with Crippen LogP contribution in [0.1, 0.15) is 26.3 Å². The maximum absolute atomic E-state index is 12.8. The largest absolute Gasteiger partial charge is 0.478 e. The van der Waals surface area contributed by atoms with E-state index >= 15 is 0 Å².